The van der Waals surface area contributed by atoms with E-state index in [4.69, 9.17) is 4.84 Å². The van der Waals surface area contributed by atoms with E-state index in [9.17, 15) is 4.79 Å². The van der Waals surface area contributed by atoms with E-state index in [-0.39, 0.29) is 5.69 Å². The summed E-state index contributed by atoms with van der Waals surface area (Å²) in [7, 11) is 0. The smallest absolute Gasteiger partial charge is 0.379 e. The minimum atomic E-state index is -0.193. The summed E-state index contributed by atoms with van der Waals surface area (Å²) < 4.78 is 2.66. The molecule has 1 aromatic rings. The third-order valence-electron chi connectivity index (χ3n) is 1.74. The van der Waals surface area contributed by atoms with Crippen molar-refractivity contribution in [1.82, 2.24) is 14.5 Å². The SMILES string of the molecule is CCOn1c(CC)nn(CC)c1=O. The molecule has 0 radical (unpaired) electrons. The van der Waals surface area contributed by atoms with E-state index in [1.54, 1.807) is 0 Å². The molecule has 1 heterocycles. The summed E-state index contributed by atoms with van der Waals surface area (Å²) in [6.07, 6.45) is 0.697. The van der Waals surface area contributed by atoms with E-state index in [0.717, 1.165) is 0 Å². The van der Waals surface area contributed by atoms with Gasteiger partial charge in [-0.2, -0.15) is 5.10 Å². The molecule has 74 valence electrons. The fourth-order valence-corrected chi connectivity index (χ4v) is 1.12. The molecular formula is C8H15N3O2. The number of hydrogen-bond acceptors (Lipinski definition) is 3. The molecule has 5 heteroatoms. The van der Waals surface area contributed by atoms with Gasteiger partial charge in [0.25, 0.3) is 0 Å². The monoisotopic (exact) mass is 185 g/mol. The van der Waals surface area contributed by atoms with Crippen LogP contribution in [0.3, 0.4) is 0 Å². The van der Waals surface area contributed by atoms with E-state index in [2.05, 4.69) is 5.10 Å². The van der Waals surface area contributed by atoms with Gasteiger partial charge < -0.3 is 4.84 Å². The number of nitrogens with zero attached hydrogens (tertiary/aromatic N) is 3. The predicted molar refractivity (Wildman–Crippen MR) is 48.7 cm³/mol. The molecule has 0 aromatic carbocycles. The van der Waals surface area contributed by atoms with Crippen molar-refractivity contribution in [3.05, 3.63) is 16.3 Å². The average Bonchev–Trinajstić information content (AvgIpc) is 2.45. The lowest BCUT2D eigenvalue weighted by Crippen LogP contribution is -2.30. The Hall–Kier alpha value is -1.26. The fraction of sp³-hybridized carbons (Fsp3) is 0.750. The van der Waals surface area contributed by atoms with Crippen molar-refractivity contribution in [2.45, 2.75) is 33.7 Å². The Bertz CT molecular complexity index is 327. The van der Waals surface area contributed by atoms with E-state index < -0.39 is 0 Å². The van der Waals surface area contributed by atoms with Gasteiger partial charge in [-0.1, -0.05) is 6.92 Å². The van der Waals surface area contributed by atoms with Crippen LogP contribution in [0, 0.1) is 0 Å². The van der Waals surface area contributed by atoms with E-state index in [1.165, 1.54) is 9.41 Å². The second kappa shape index (κ2) is 4.11. The first-order chi connectivity index (χ1) is 6.24. The summed E-state index contributed by atoms with van der Waals surface area (Å²) in [5, 5.41) is 4.11. The van der Waals surface area contributed by atoms with Gasteiger partial charge in [-0.25, -0.2) is 9.48 Å². The molecule has 0 spiro atoms. The Labute approximate surface area is 76.9 Å². The van der Waals surface area contributed by atoms with Gasteiger partial charge >= 0.3 is 5.69 Å². The number of rotatable bonds is 4. The minimum absolute atomic E-state index is 0.193. The summed E-state index contributed by atoms with van der Waals surface area (Å²) in [5.41, 5.74) is -0.193. The molecule has 0 unspecified atom stereocenters. The van der Waals surface area contributed by atoms with Crippen molar-refractivity contribution in [1.29, 1.82) is 0 Å². The molecule has 0 bridgehead atoms. The fourth-order valence-electron chi connectivity index (χ4n) is 1.12. The van der Waals surface area contributed by atoms with Crippen LogP contribution in [0.2, 0.25) is 0 Å². The maximum Gasteiger partial charge on any atom is 0.379 e. The predicted octanol–water partition coefficient (Wildman–Crippen LogP) is 0.0756. The lowest BCUT2D eigenvalue weighted by atomic mass is 10.5. The van der Waals surface area contributed by atoms with Crippen LogP contribution in [0.4, 0.5) is 0 Å². The van der Waals surface area contributed by atoms with Crippen LogP contribution in [-0.4, -0.2) is 21.1 Å². The van der Waals surface area contributed by atoms with Crippen LogP contribution in [-0.2, 0) is 13.0 Å². The van der Waals surface area contributed by atoms with Gasteiger partial charge in [0.05, 0.1) is 0 Å². The molecule has 0 aliphatic heterocycles. The van der Waals surface area contributed by atoms with Gasteiger partial charge in [-0.05, 0) is 13.8 Å². The molecule has 0 N–H and O–H groups in total. The summed E-state index contributed by atoms with van der Waals surface area (Å²) in [6.45, 7) is 6.71. The van der Waals surface area contributed by atoms with Crippen LogP contribution in [0.5, 0.6) is 0 Å². The molecule has 0 fully saturated rings. The molecule has 0 aliphatic rings. The lowest BCUT2D eigenvalue weighted by molar-refractivity contribution is 0.105. The minimum Gasteiger partial charge on any atom is -0.408 e. The molecule has 0 saturated carbocycles. The third-order valence-corrected chi connectivity index (χ3v) is 1.74. The highest BCUT2D eigenvalue weighted by Gasteiger charge is 2.10. The van der Waals surface area contributed by atoms with Gasteiger partial charge in [-0.15, -0.1) is 4.73 Å². The molecule has 0 saturated heterocycles. The van der Waals surface area contributed by atoms with Gasteiger partial charge in [0.15, 0.2) is 5.82 Å². The topological polar surface area (TPSA) is 49.0 Å². The second-order valence-corrected chi connectivity index (χ2v) is 2.58. The highest BCUT2D eigenvalue weighted by molar-refractivity contribution is 4.83. The highest BCUT2D eigenvalue weighted by atomic mass is 16.7. The standard InChI is InChI=1S/C8H15N3O2/c1-4-7-9-10(5-2)8(12)11(7)13-6-3/h4-6H2,1-3H3. The van der Waals surface area contributed by atoms with Crippen molar-refractivity contribution in [2.75, 3.05) is 6.61 Å². The van der Waals surface area contributed by atoms with Crippen molar-refractivity contribution in [3.8, 4) is 0 Å². The molecule has 13 heavy (non-hydrogen) atoms. The zero-order valence-corrected chi connectivity index (χ0v) is 8.28. The average molecular weight is 185 g/mol. The van der Waals surface area contributed by atoms with Crippen molar-refractivity contribution >= 4 is 0 Å². The summed E-state index contributed by atoms with van der Waals surface area (Å²) >= 11 is 0. The normalized spacial score (nSPS) is 10.4. The zero-order chi connectivity index (χ0) is 9.84. The molecular weight excluding hydrogens is 170 g/mol. The molecule has 1 aromatic heterocycles. The van der Waals surface area contributed by atoms with Crippen LogP contribution < -0.4 is 10.5 Å². The van der Waals surface area contributed by atoms with Gasteiger partial charge in [0, 0.05) is 13.0 Å². The first kappa shape index (κ1) is 9.83. The first-order valence-electron chi connectivity index (χ1n) is 4.56. The molecule has 5 nitrogen and oxygen atoms in total. The van der Waals surface area contributed by atoms with E-state index in [0.29, 0.717) is 25.4 Å². The Kier molecular flexibility index (Phi) is 3.11. The number of aryl methyl sites for hydroxylation is 2. The zero-order valence-electron chi connectivity index (χ0n) is 8.28. The maximum atomic E-state index is 11.5. The van der Waals surface area contributed by atoms with Gasteiger partial charge in [0.1, 0.15) is 6.61 Å². The van der Waals surface area contributed by atoms with E-state index in [1.807, 2.05) is 20.8 Å². The Morgan fingerprint density at radius 2 is 2.08 bits per heavy atom. The van der Waals surface area contributed by atoms with E-state index >= 15 is 0 Å². The van der Waals surface area contributed by atoms with Crippen LogP contribution >= 0.6 is 0 Å². The second-order valence-electron chi connectivity index (χ2n) is 2.58. The first-order valence-corrected chi connectivity index (χ1v) is 4.56. The lowest BCUT2D eigenvalue weighted by Gasteiger charge is -2.02. The van der Waals surface area contributed by atoms with Crippen molar-refractivity contribution in [3.63, 3.8) is 0 Å². The summed E-state index contributed by atoms with van der Waals surface area (Å²) in [4.78, 5) is 16.7. The van der Waals surface area contributed by atoms with Crippen LogP contribution in [0.25, 0.3) is 0 Å². The molecule has 0 amide bonds. The van der Waals surface area contributed by atoms with Crippen LogP contribution in [0.15, 0.2) is 4.79 Å². The highest BCUT2D eigenvalue weighted by Crippen LogP contribution is 1.91. The number of hydrogen-bond donors (Lipinski definition) is 0. The Balaban J connectivity index is 3.13. The van der Waals surface area contributed by atoms with Crippen molar-refractivity contribution < 1.29 is 4.84 Å². The molecule has 0 atom stereocenters. The quantitative estimate of drug-likeness (QED) is 0.667. The van der Waals surface area contributed by atoms with Crippen LogP contribution in [0.1, 0.15) is 26.6 Å². The summed E-state index contributed by atoms with van der Waals surface area (Å²) in [5.74, 6) is 0.675. The third kappa shape index (κ3) is 1.74. The Morgan fingerprint density at radius 3 is 2.54 bits per heavy atom. The van der Waals surface area contributed by atoms with Gasteiger partial charge in [0.2, 0.25) is 0 Å². The summed E-state index contributed by atoms with van der Waals surface area (Å²) in [6, 6.07) is 0. The Morgan fingerprint density at radius 1 is 1.38 bits per heavy atom. The number of aromatic nitrogens is 3. The molecule has 0 aliphatic carbocycles. The molecule has 1 rings (SSSR count). The maximum absolute atomic E-state index is 11.5. The van der Waals surface area contributed by atoms with Gasteiger partial charge in [-0.3, -0.25) is 0 Å². The van der Waals surface area contributed by atoms with Crippen molar-refractivity contribution in [2.24, 2.45) is 0 Å². The largest absolute Gasteiger partial charge is 0.408 e.